The largest absolute Gasteiger partial charge is 0.339 e. The highest BCUT2D eigenvalue weighted by Gasteiger charge is 2.28. The quantitative estimate of drug-likeness (QED) is 0.805. The molecule has 0 saturated carbocycles. The van der Waals surface area contributed by atoms with Gasteiger partial charge in [-0.05, 0) is 56.5 Å². The van der Waals surface area contributed by atoms with Crippen molar-refractivity contribution in [3.63, 3.8) is 0 Å². The average Bonchev–Trinajstić information content (AvgIpc) is 3.07. The fourth-order valence-corrected chi connectivity index (χ4v) is 3.88. The fourth-order valence-electron chi connectivity index (χ4n) is 3.69. The van der Waals surface area contributed by atoms with Crippen LogP contribution in [0.2, 0.25) is 5.02 Å². The Morgan fingerprint density at radius 3 is 2.63 bits per heavy atom. The number of likely N-dealkylation sites (tertiary alicyclic amines) is 1. The molecule has 0 aliphatic carbocycles. The Kier molecular flexibility index (Phi) is 7.71. The van der Waals surface area contributed by atoms with Gasteiger partial charge in [0.15, 0.2) is 0 Å². The van der Waals surface area contributed by atoms with E-state index in [4.69, 9.17) is 11.6 Å². The van der Waals surface area contributed by atoms with Gasteiger partial charge >= 0.3 is 0 Å². The highest BCUT2D eigenvalue weighted by molar-refractivity contribution is 6.30. The predicted octanol–water partition coefficient (Wildman–Crippen LogP) is 4.14. The van der Waals surface area contributed by atoms with Crippen molar-refractivity contribution in [3.05, 3.63) is 46.7 Å². The second kappa shape index (κ2) is 9.58. The van der Waals surface area contributed by atoms with Crippen LogP contribution in [0.25, 0.3) is 5.69 Å². The van der Waals surface area contributed by atoms with Gasteiger partial charge in [-0.15, -0.1) is 12.4 Å². The Bertz CT molecular complexity index is 767. The third-order valence-electron chi connectivity index (χ3n) is 5.03. The topological polar surface area (TPSA) is 50.2 Å². The lowest BCUT2D eigenvalue weighted by atomic mass is 9.96. The van der Waals surface area contributed by atoms with Crippen molar-refractivity contribution < 1.29 is 4.79 Å². The lowest BCUT2D eigenvalue weighted by Gasteiger charge is -2.32. The predicted molar refractivity (Wildman–Crippen MR) is 112 cm³/mol. The van der Waals surface area contributed by atoms with Crippen LogP contribution < -0.4 is 5.32 Å². The van der Waals surface area contributed by atoms with Crippen LogP contribution in [-0.4, -0.2) is 47.3 Å². The third-order valence-corrected chi connectivity index (χ3v) is 5.27. The minimum Gasteiger partial charge on any atom is -0.339 e. The average molecular weight is 411 g/mol. The molecule has 7 heteroatoms. The highest BCUT2D eigenvalue weighted by Crippen LogP contribution is 2.27. The fraction of sp³-hybridized carbons (Fsp3) is 0.500. The summed E-state index contributed by atoms with van der Waals surface area (Å²) in [5.74, 6) is 0.921. The van der Waals surface area contributed by atoms with E-state index in [0.29, 0.717) is 16.5 Å². The van der Waals surface area contributed by atoms with Crippen LogP contribution >= 0.6 is 24.0 Å². The number of hydrogen-bond donors (Lipinski definition) is 1. The molecule has 148 valence electrons. The first-order valence-electron chi connectivity index (χ1n) is 9.29. The Morgan fingerprint density at radius 2 is 2.04 bits per heavy atom. The summed E-state index contributed by atoms with van der Waals surface area (Å²) >= 11 is 6.14. The van der Waals surface area contributed by atoms with Gasteiger partial charge in [0.2, 0.25) is 0 Å². The van der Waals surface area contributed by atoms with Gasteiger partial charge in [0.05, 0.1) is 23.1 Å². The molecule has 0 radical (unpaired) electrons. The molecule has 2 aromatic rings. The minimum atomic E-state index is 0. The summed E-state index contributed by atoms with van der Waals surface area (Å²) in [6, 6.07) is 7.57. The summed E-state index contributed by atoms with van der Waals surface area (Å²) in [5, 5.41) is 8.40. The van der Waals surface area contributed by atoms with Crippen LogP contribution in [0.15, 0.2) is 30.5 Å². The third kappa shape index (κ3) is 4.84. The number of amides is 1. The van der Waals surface area contributed by atoms with Crippen molar-refractivity contribution >= 4 is 29.9 Å². The summed E-state index contributed by atoms with van der Waals surface area (Å²) in [4.78, 5) is 15.1. The van der Waals surface area contributed by atoms with E-state index in [2.05, 4.69) is 24.3 Å². The van der Waals surface area contributed by atoms with Crippen molar-refractivity contribution in [2.24, 2.45) is 5.92 Å². The van der Waals surface area contributed by atoms with Crippen molar-refractivity contribution in [1.82, 2.24) is 20.0 Å². The van der Waals surface area contributed by atoms with Crippen molar-refractivity contribution in [2.45, 2.75) is 32.6 Å². The molecule has 2 heterocycles. The molecule has 1 N–H and O–H groups in total. The first-order chi connectivity index (χ1) is 12.5. The molecule has 1 fully saturated rings. The van der Waals surface area contributed by atoms with Gasteiger partial charge in [-0.25, -0.2) is 4.68 Å². The number of carbonyl (C=O) groups excluding carboxylic acids is 1. The van der Waals surface area contributed by atoms with E-state index < -0.39 is 0 Å². The zero-order valence-electron chi connectivity index (χ0n) is 16.1. The molecule has 0 atom stereocenters. The summed E-state index contributed by atoms with van der Waals surface area (Å²) < 4.78 is 1.84. The lowest BCUT2D eigenvalue weighted by Crippen LogP contribution is -2.40. The molecule has 1 amide bonds. The maximum atomic E-state index is 13.1. The van der Waals surface area contributed by atoms with Gasteiger partial charge < -0.3 is 10.2 Å². The van der Waals surface area contributed by atoms with E-state index in [-0.39, 0.29) is 24.2 Å². The van der Waals surface area contributed by atoms with Crippen LogP contribution in [0.5, 0.6) is 0 Å². The Labute approximate surface area is 172 Å². The summed E-state index contributed by atoms with van der Waals surface area (Å²) in [7, 11) is 1.98. The minimum absolute atomic E-state index is 0. The van der Waals surface area contributed by atoms with Gasteiger partial charge in [0.1, 0.15) is 0 Å². The molecule has 1 aliphatic rings. The van der Waals surface area contributed by atoms with Gasteiger partial charge in [-0.2, -0.15) is 5.10 Å². The van der Waals surface area contributed by atoms with Crippen molar-refractivity contribution in [2.75, 3.05) is 26.7 Å². The number of rotatable bonds is 5. The molecule has 0 unspecified atom stereocenters. The molecule has 1 aromatic carbocycles. The second-order valence-electron chi connectivity index (χ2n) is 7.28. The van der Waals surface area contributed by atoms with Crippen molar-refractivity contribution in [3.8, 4) is 5.69 Å². The second-order valence-corrected chi connectivity index (χ2v) is 7.72. The van der Waals surface area contributed by atoms with Crippen LogP contribution in [-0.2, 0) is 0 Å². The number of halogens is 2. The zero-order valence-corrected chi connectivity index (χ0v) is 17.7. The van der Waals surface area contributed by atoms with Gasteiger partial charge in [-0.1, -0.05) is 31.5 Å². The molecule has 5 nitrogen and oxygen atoms in total. The van der Waals surface area contributed by atoms with Gasteiger partial charge in [-0.3, -0.25) is 4.79 Å². The molecule has 0 spiro atoms. The highest BCUT2D eigenvalue weighted by atomic mass is 35.5. The van der Waals surface area contributed by atoms with E-state index >= 15 is 0 Å². The number of carbonyl (C=O) groups is 1. The number of hydrogen-bond acceptors (Lipinski definition) is 3. The standard InChI is InChI=1S/C20H27ClN4O.ClH/c1-14(2)19-18(13-23-25(19)17-6-4-5-16(21)11-17)20(26)24-9-7-15(8-10-24)12-22-3;/h4-6,11,13-15,22H,7-10,12H2,1-3H3;1H. The number of benzene rings is 1. The number of nitrogens with one attached hydrogen (secondary N) is 1. The molecule has 3 rings (SSSR count). The van der Waals surface area contributed by atoms with E-state index in [0.717, 1.165) is 43.9 Å². The molecular formula is C20H28Cl2N4O. The first-order valence-corrected chi connectivity index (χ1v) is 9.66. The molecule has 1 saturated heterocycles. The normalized spacial score (nSPS) is 15.1. The monoisotopic (exact) mass is 410 g/mol. The van der Waals surface area contributed by atoms with E-state index in [1.165, 1.54) is 0 Å². The number of nitrogens with zero attached hydrogens (tertiary/aromatic N) is 3. The lowest BCUT2D eigenvalue weighted by molar-refractivity contribution is 0.0689. The van der Waals surface area contributed by atoms with Crippen LogP contribution in [0.1, 0.15) is 48.7 Å². The Balaban J connectivity index is 0.00000261. The Hall–Kier alpha value is -1.56. The maximum Gasteiger partial charge on any atom is 0.257 e. The van der Waals surface area contributed by atoms with Gasteiger partial charge in [0, 0.05) is 18.1 Å². The van der Waals surface area contributed by atoms with E-state index in [1.54, 1.807) is 6.20 Å². The molecule has 27 heavy (non-hydrogen) atoms. The van der Waals surface area contributed by atoms with Crippen LogP contribution in [0.3, 0.4) is 0 Å². The molecule has 1 aliphatic heterocycles. The molecule has 1 aromatic heterocycles. The van der Waals surface area contributed by atoms with E-state index in [1.807, 2.05) is 40.9 Å². The first kappa shape index (κ1) is 21.7. The van der Waals surface area contributed by atoms with Crippen molar-refractivity contribution in [1.29, 1.82) is 0 Å². The number of aromatic nitrogens is 2. The Morgan fingerprint density at radius 1 is 1.33 bits per heavy atom. The van der Waals surface area contributed by atoms with E-state index in [9.17, 15) is 4.79 Å². The van der Waals surface area contributed by atoms with Crippen LogP contribution in [0, 0.1) is 5.92 Å². The smallest absolute Gasteiger partial charge is 0.257 e. The summed E-state index contributed by atoms with van der Waals surface area (Å²) in [6.07, 6.45) is 3.80. The van der Waals surface area contributed by atoms with Crippen LogP contribution in [0.4, 0.5) is 0 Å². The molecule has 0 bridgehead atoms. The number of piperidine rings is 1. The summed E-state index contributed by atoms with van der Waals surface area (Å²) in [5.41, 5.74) is 2.52. The van der Waals surface area contributed by atoms with Gasteiger partial charge in [0.25, 0.3) is 5.91 Å². The summed E-state index contributed by atoms with van der Waals surface area (Å²) in [6.45, 7) is 6.82. The zero-order chi connectivity index (χ0) is 18.7. The SMILES string of the molecule is CNCC1CCN(C(=O)c2cnn(-c3cccc(Cl)c3)c2C(C)C)CC1.Cl. The molecular weight excluding hydrogens is 383 g/mol. The maximum absolute atomic E-state index is 13.1.